The Balaban J connectivity index is 1.89. The molecular weight excluding hydrogens is 254 g/mol. The summed E-state index contributed by atoms with van der Waals surface area (Å²) < 4.78 is 7.26. The lowest BCUT2D eigenvalue weighted by atomic mass is 10.3. The van der Waals surface area contributed by atoms with Crippen molar-refractivity contribution in [2.45, 2.75) is 26.8 Å². The Hall–Kier alpha value is -2.30. The minimum atomic E-state index is -0.0149. The maximum Gasteiger partial charge on any atom is 0.253 e. The van der Waals surface area contributed by atoms with E-state index in [1.165, 1.54) is 0 Å². The van der Waals surface area contributed by atoms with Crippen molar-refractivity contribution in [1.82, 2.24) is 9.55 Å². The standard InChI is InChI=1S/C15H19N3O2/c1-11-9-15(19)18(12(2)17-11)7-4-8-20-14-6-3-5-13(16)10-14/h3,5-6,9-10H,4,7-8,16H2,1-2H3. The molecule has 5 nitrogen and oxygen atoms in total. The quantitative estimate of drug-likeness (QED) is 0.667. The van der Waals surface area contributed by atoms with Gasteiger partial charge in [0, 0.05) is 30.1 Å². The minimum absolute atomic E-state index is 0.0149. The Morgan fingerprint density at radius 3 is 2.80 bits per heavy atom. The predicted molar refractivity (Wildman–Crippen MR) is 78.9 cm³/mol. The van der Waals surface area contributed by atoms with Crippen LogP contribution in [0.3, 0.4) is 0 Å². The van der Waals surface area contributed by atoms with Gasteiger partial charge in [-0.2, -0.15) is 0 Å². The molecule has 106 valence electrons. The van der Waals surface area contributed by atoms with Crippen LogP contribution >= 0.6 is 0 Å². The molecule has 0 aliphatic rings. The number of benzene rings is 1. The first-order chi connectivity index (χ1) is 9.56. The Kier molecular flexibility index (Phi) is 4.40. The second kappa shape index (κ2) is 6.23. The Labute approximate surface area is 118 Å². The van der Waals surface area contributed by atoms with E-state index in [9.17, 15) is 4.79 Å². The van der Waals surface area contributed by atoms with E-state index < -0.39 is 0 Å². The van der Waals surface area contributed by atoms with Crippen LogP contribution in [0.25, 0.3) is 0 Å². The van der Waals surface area contributed by atoms with E-state index in [4.69, 9.17) is 10.5 Å². The number of rotatable bonds is 5. The van der Waals surface area contributed by atoms with E-state index in [0.29, 0.717) is 18.8 Å². The Bertz CT molecular complexity index is 650. The van der Waals surface area contributed by atoms with E-state index in [1.54, 1.807) is 16.7 Å². The van der Waals surface area contributed by atoms with E-state index in [-0.39, 0.29) is 5.56 Å². The smallest absolute Gasteiger partial charge is 0.253 e. The molecule has 2 N–H and O–H groups in total. The van der Waals surface area contributed by atoms with Crippen LogP contribution in [-0.4, -0.2) is 16.2 Å². The van der Waals surface area contributed by atoms with Crippen LogP contribution < -0.4 is 16.0 Å². The second-order valence-electron chi connectivity index (χ2n) is 4.71. The average Bonchev–Trinajstić information content (AvgIpc) is 2.36. The van der Waals surface area contributed by atoms with Gasteiger partial charge in [-0.1, -0.05) is 6.07 Å². The zero-order chi connectivity index (χ0) is 14.5. The second-order valence-corrected chi connectivity index (χ2v) is 4.71. The van der Waals surface area contributed by atoms with Gasteiger partial charge in [-0.25, -0.2) is 4.98 Å². The van der Waals surface area contributed by atoms with Gasteiger partial charge in [-0.3, -0.25) is 9.36 Å². The van der Waals surface area contributed by atoms with E-state index in [1.807, 2.05) is 32.0 Å². The number of aromatic nitrogens is 2. The average molecular weight is 273 g/mol. The first-order valence-electron chi connectivity index (χ1n) is 6.59. The van der Waals surface area contributed by atoms with Gasteiger partial charge in [0.05, 0.1) is 6.61 Å². The highest BCUT2D eigenvalue weighted by atomic mass is 16.5. The largest absolute Gasteiger partial charge is 0.493 e. The summed E-state index contributed by atoms with van der Waals surface area (Å²) in [5.74, 6) is 1.48. The van der Waals surface area contributed by atoms with Gasteiger partial charge in [0.1, 0.15) is 11.6 Å². The third kappa shape index (κ3) is 3.60. The van der Waals surface area contributed by atoms with Crippen molar-refractivity contribution >= 4 is 5.69 Å². The zero-order valence-electron chi connectivity index (χ0n) is 11.8. The molecule has 20 heavy (non-hydrogen) atoms. The monoisotopic (exact) mass is 273 g/mol. The highest BCUT2D eigenvalue weighted by Crippen LogP contribution is 2.14. The molecule has 2 aromatic rings. The Morgan fingerprint density at radius 2 is 2.10 bits per heavy atom. The van der Waals surface area contributed by atoms with Crippen molar-refractivity contribution in [2.75, 3.05) is 12.3 Å². The molecule has 0 spiro atoms. The summed E-state index contributed by atoms with van der Waals surface area (Å²) in [4.78, 5) is 16.1. The molecule has 1 aromatic heterocycles. The lowest BCUT2D eigenvalue weighted by molar-refractivity contribution is 0.300. The molecular formula is C15H19N3O2. The summed E-state index contributed by atoms with van der Waals surface area (Å²) in [6.07, 6.45) is 0.736. The number of nitrogens with zero attached hydrogens (tertiary/aromatic N) is 2. The van der Waals surface area contributed by atoms with Gasteiger partial charge >= 0.3 is 0 Å². The van der Waals surface area contributed by atoms with Gasteiger partial charge in [0.25, 0.3) is 5.56 Å². The molecule has 0 saturated heterocycles. The lowest BCUT2D eigenvalue weighted by Crippen LogP contribution is -2.24. The topological polar surface area (TPSA) is 70.1 Å². The number of nitrogen functional groups attached to an aromatic ring is 1. The van der Waals surface area contributed by atoms with Crippen molar-refractivity contribution in [3.63, 3.8) is 0 Å². The summed E-state index contributed by atoms with van der Waals surface area (Å²) in [7, 11) is 0. The molecule has 0 atom stereocenters. The third-order valence-corrected chi connectivity index (χ3v) is 2.98. The first-order valence-corrected chi connectivity index (χ1v) is 6.59. The van der Waals surface area contributed by atoms with Gasteiger partial charge in [0.15, 0.2) is 0 Å². The van der Waals surface area contributed by atoms with Crippen LogP contribution in [0.15, 0.2) is 35.1 Å². The van der Waals surface area contributed by atoms with Crippen LogP contribution in [0.1, 0.15) is 17.9 Å². The fourth-order valence-corrected chi connectivity index (χ4v) is 2.05. The maximum absolute atomic E-state index is 11.8. The number of hydrogen-bond donors (Lipinski definition) is 1. The summed E-state index contributed by atoms with van der Waals surface area (Å²) in [6, 6.07) is 8.86. The van der Waals surface area contributed by atoms with Crippen molar-refractivity contribution in [3.05, 3.63) is 52.2 Å². The molecule has 0 aliphatic heterocycles. The van der Waals surface area contributed by atoms with Crippen molar-refractivity contribution in [1.29, 1.82) is 0 Å². The molecule has 2 rings (SSSR count). The molecule has 0 saturated carbocycles. The first kappa shape index (κ1) is 14.1. The fraction of sp³-hybridized carbons (Fsp3) is 0.333. The van der Waals surface area contributed by atoms with Crippen LogP contribution in [0, 0.1) is 13.8 Å². The fourth-order valence-electron chi connectivity index (χ4n) is 2.05. The SMILES string of the molecule is Cc1cc(=O)n(CCCOc2cccc(N)c2)c(C)n1. The van der Waals surface area contributed by atoms with Crippen LogP contribution in [0.4, 0.5) is 5.69 Å². The van der Waals surface area contributed by atoms with Crippen LogP contribution in [0.2, 0.25) is 0 Å². The van der Waals surface area contributed by atoms with Crippen LogP contribution in [0.5, 0.6) is 5.75 Å². The maximum atomic E-state index is 11.8. The third-order valence-electron chi connectivity index (χ3n) is 2.98. The number of hydrogen-bond acceptors (Lipinski definition) is 4. The minimum Gasteiger partial charge on any atom is -0.493 e. The van der Waals surface area contributed by atoms with E-state index >= 15 is 0 Å². The normalized spacial score (nSPS) is 10.5. The molecule has 1 aromatic carbocycles. The summed E-state index contributed by atoms with van der Waals surface area (Å²) >= 11 is 0. The van der Waals surface area contributed by atoms with Crippen molar-refractivity contribution in [2.24, 2.45) is 0 Å². The van der Waals surface area contributed by atoms with Gasteiger partial charge in [0.2, 0.25) is 0 Å². The molecule has 5 heteroatoms. The van der Waals surface area contributed by atoms with Gasteiger partial charge in [-0.05, 0) is 32.4 Å². The summed E-state index contributed by atoms with van der Waals surface area (Å²) in [5.41, 5.74) is 7.09. The number of nitrogens with two attached hydrogens (primary N) is 1. The highest BCUT2D eigenvalue weighted by molar-refractivity contribution is 5.43. The summed E-state index contributed by atoms with van der Waals surface area (Å²) in [6.45, 7) is 4.79. The molecule has 0 amide bonds. The van der Waals surface area contributed by atoms with E-state index in [2.05, 4.69) is 4.98 Å². The number of aryl methyl sites for hydroxylation is 2. The van der Waals surface area contributed by atoms with Gasteiger partial charge < -0.3 is 10.5 Å². The molecule has 0 fully saturated rings. The zero-order valence-corrected chi connectivity index (χ0v) is 11.8. The molecule has 0 bridgehead atoms. The van der Waals surface area contributed by atoms with E-state index in [0.717, 1.165) is 23.7 Å². The highest BCUT2D eigenvalue weighted by Gasteiger charge is 2.03. The molecule has 0 unspecified atom stereocenters. The Morgan fingerprint density at radius 1 is 1.30 bits per heavy atom. The van der Waals surface area contributed by atoms with Gasteiger partial charge in [-0.15, -0.1) is 0 Å². The number of anilines is 1. The molecule has 0 radical (unpaired) electrons. The molecule has 0 aliphatic carbocycles. The summed E-state index contributed by atoms with van der Waals surface area (Å²) in [5, 5.41) is 0. The van der Waals surface area contributed by atoms with Crippen molar-refractivity contribution < 1.29 is 4.74 Å². The number of ether oxygens (including phenoxy) is 1. The van der Waals surface area contributed by atoms with Crippen molar-refractivity contribution in [3.8, 4) is 5.75 Å². The molecule has 1 heterocycles. The lowest BCUT2D eigenvalue weighted by Gasteiger charge is -2.10. The van der Waals surface area contributed by atoms with Crippen LogP contribution in [-0.2, 0) is 6.54 Å². The predicted octanol–water partition coefficient (Wildman–Crippen LogP) is 1.91.